The molecule has 4 heteroatoms. The van der Waals surface area contributed by atoms with Crippen molar-refractivity contribution in [2.45, 2.75) is 0 Å². The quantitative estimate of drug-likeness (QED) is 0.205. The largest absolute Gasteiger partial charge is 0.399 e. The highest BCUT2D eigenvalue weighted by Crippen LogP contribution is 2.42. The Labute approximate surface area is 209 Å². The summed E-state index contributed by atoms with van der Waals surface area (Å²) in [6, 6.07) is 35.1. The van der Waals surface area contributed by atoms with Crippen molar-refractivity contribution in [1.82, 2.24) is 0 Å². The van der Waals surface area contributed by atoms with Gasteiger partial charge in [0.25, 0.3) is 0 Å². The Hall–Kier alpha value is -4.96. The molecular weight excluding hydrogens is 444 g/mol. The number of hydrogen-bond donors (Lipinski definition) is 2. The first-order valence-corrected chi connectivity index (χ1v) is 11.6. The summed E-state index contributed by atoms with van der Waals surface area (Å²) in [4.78, 5) is 22.5. The lowest BCUT2D eigenvalue weighted by atomic mass is 9.85. The minimum atomic E-state index is 0.621. The first-order chi connectivity index (χ1) is 17.6. The van der Waals surface area contributed by atoms with Gasteiger partial charge in [-0.1, -0.05) is 72.8 Å². The van der Waals surface area contributed by atoms with Gasteiger partial charge in [0.15, 0.2) is 0 Å². The maximum Gasteiger partial charge on any atom is 0.150 e. The fraction of sp³-hybridized carbons (Fsp3) is 0. The molecule has 4 nitrogen and oxygen atoms in total. The Morgan fingerprint density at radius 3 is 0.889 bits per heavy atom. The Kier molecular flexibility index (Phi) is 6.16. The predicted molar refractivity (Wildman–Crippen MR) is 148 cm³/mol. The van der Waals surface area contributed by atoms with E-state index in [1.165, 1.54) is 0 Å². The molecule has 0 saturated heterocycles. The monoisotopic (exact) mass is 468 g/mol. The van der Waals surface area contributed by atoms with Crippen molar-refractivity contribution in [2.24, 2.45) is 0 Å². The third kappa shape index (κ3) is 4.52. The maximum atomic E-state index is 11.2. The lowest BCUT2D eigenvalue weighted by Crippen LogP contribution is -1.94. The average molecular weight is 469 g/mol. The second kappa shape index (κ2) is 9.72. The lowest BCUT2D eigenvalue weighted by Gasteiger charge is -2.19. The molecule has 0 spiro atoms. The van der Waals surface area contributed by atoms with Gasteiger partial charge in [0.05, 0.1) is 0 Å². The number of aldehydes is 2. The zero-order valence-electron chi connectivity index (χ0n) is 19.5. The van der Waals surface area contributed by atoms with Gasteiger partial charge in [0.2, 0.25) is 0 Å². The van der Waals surface area contributed by atoms with Gasteiger partial charge in [-0.05, 0) is 80.9 Å². The van der Waals surface area contributed by atoms with Gasteiger partial charge >= 0.3 is 0 Å². The van der Waals surface area contributed by atoms with Crippen LogP contribution in [-0.4, -0.2) is 12.6 Å². The van der Waals surface area contributed by atoms with Crippen molar-refractivity contribution in [3.05, 3.63) is 120 Å². The van der Waals surface area contributed by atoms with Crippen molar-refractivity contribution < 1.29 is 9.59 Å². The molecule has 0 aromatic heterocycles. The van der Waals surface area contributed by atoms with Gasteiger partial charge in [-0.3, -0.25) is 9.59 Å². The Balaban J connectivity index is 1.82. The summed E-state index contributed by atoms with van der Waals surface area (Å²) < 4.78 is 0. The molecule has 5 aromatic rings. The van der Waals surface area contributed by atoms with Crippen molar-refractivity contribution in [3.8, 4) is 44.5 Å². The summed E-state index contributed by atoms with van der Waals surface area (Å²) >= 11 is 0. The number of anilines is 2. The Morgan fingerprint density at radius 2 is 0.639 bits per heavy atom. The molecule has 0 radical (unpaired) electrons. The molecule has 0 atom stereocenters. The number of carbonyl (C=O) groups is 2. The van der Waals surface area contributed by atoms with Crippen LogP contribution >= 0.6 is 0 Å². The number of carbonyl (C=O) groups excluding carboxylic acids is 2. The van der Waals surface area contributed by atoms with Gasteiger partial charge in [0.1, 0.15) is 12.6 Å². The first-order valence-electron chi connectivity index (χ1n) is 11.6. The molecule has 36 heavy (non-hydrogen) atoms. The van der Waals surface area contributed by atoms with Crippen LogP contribution < -0.4 is 11.5 Å². The molecule has 0 aliphatic carbocycles. The van der Waals surface area contributed by atoms with Crippen LogP contribution in [-0.2, 0) is 0 Å². The van der Waals surface area contributed by atoms with E-state index < -0.39 is 0 Å². The van der Waals surface area contributed by atoms with Crippen LogP contribution in [0.25, 0.3) is 44.5 Å². The molecule has 0 aliphatic heterocycles. The third-order valence-corrected chi connectivity index (χ3v) is 6.32. The molecule has 0 fully saturated rings. The number of rotatable bonds is 6. The number of nitrogen functional groups attached to an aromatic ring is 2. The fourth-order valence-corrected chi connectivity index (χ4v) is 4.36. The highest BCUT2D eigenvalue weighted by atomic mass is 16.1. The van der Waals surface area contributed by atoms with Crippen molar-refractivity contribution in [1.29, 1.82) is 0 Å². The molecule has 5 aromatic carbocycles. The molecule has 4 N–H and O–H groups in total. The van der Waals surface area contributed by atoms with Crippen LogP contribution in [0.15, 0.2) is 109 Å². The van der Waals surface area contributed by atoms with E-state index in [2.05, 4.69) is 12.1 Å². The van der Waals surface area contributed by atoms with Crippen molar-refractivity contribution >= 4 is 23.9 Å². The summed E-state index contributed by atoms with van der Waals surface area (Å²) in [7, 11) is 0. The van der Waals surface area contributed by atoms with E-state index in [1.54, 1.807) is 0 Å². The zero-order chi connectivity index (χ0) is 25.1. The van der Waals surface area contributed by atoms with Crippen LogP contribution in [0.5, 0.6) is 0 Å². The molecular formula is C32H24N2O2. The van der Waals surface area contributed by atoms with Crippen molar-refractivity contribution in [2.75, 3.05) is 11.5 Å². The van der Waals surface area contributed by atoms with E-state index in [0.717, 1.165) is 57.1 Å². The van der Waals surface area contributed by atoms with E-state index in [0.29, 0.717) is 22.5 Å². The summed E-state index contributed by atoms with van der Waals surface area (Å²) in [5.74, 6) is 0. The lowest BCUT2D eigenvalue weighted by molar-refractivity contribution is 0.111. The SMILES string of the molecule is Nc1ccc(-c2cc(-c3ccc(N)cc3)c(-c3ccc(C=O)cc3)cc2-c2ccc(C=O)cc2)cc1. The number of benzene rings is 5. The predicted octanol–water partition coefficient (Wildman–Crippen LogP) is 7.14. The van der Waals surface area contributed by atoms with Crippen LogP contribution in [0.2, 0.25) is 0 Å². The zero-order valence-corrected chi connectivity index (χ0v) is 19.5. The average Bonchev–Trinajstić information content (AvgIpc) is 2.93. The van der Waals surface area contributed by atoms with Crippen LogP contribution in [0.1, 0.15) is 20.7 Å². The standard InChI is InChI=1S/C32H24N2O2/c33-27-13-9-25(10-14-27)31-18-32(26-11-15-28(34)16-12-26)30(24-7-3-22(20-36)4-8-24)17-29(31)23-5-1-21(19-35)2-6-23/h1-20H,33-34H2. The molecule has 174 valence electrons. The summed E-state index contributed by atoms with van der Waals surface area (Å²) in [6.45, 7) is 0. The van der Waals surface area contributed by atoms with E-state index >= 15 is 0 Å². The molecule has 0 heterocycles. The number of nitrogens with two attached hydrogens (primary N) is 2. The first kappa shape index (κ1) is 22.8. The normalized spacial score (nSPS) is 10.7. The van der Waals surface area contributed by atoms with Crippen LogP contribution in [0.4, 0.5) is 11.4 Å². The molecule has 0 aliphatic rings. The second-order valence-electron chi connectivity index (χ2n) is 8.67. The summed E-state index contributed by atoms with van der Waals surface area (Å²) in [5, 5.41) is 0. The minimum absolute atomic E-state index is 0.621. The van der Waals surface area contributed by atoms with Gasteiger partial charge in [0, 0.05) is 22.5 Å². The molecule has 5 rings (SSSR count). The van der Waals surface area contributed by atoms with Gasteiger partial charge in [-0.2, -0.15) is 0 Å². The second-order valence-corrected chi connectivity index (χ2v) is 8.67. The molecule has 0 amide bonds. The Bertz CT molecular complexity index is 1420. The van der Waals surface area contributed by atoms with Crippen molar-refractivity contribution in [3.63, 3.8) is 0 Å². The van der Waals surface area contributed by atoms with Crippen LogP contribution in [0.3, 0.4) is 0 Å². The maximum absolute atomic E-state index is 11.2. The highest BCUT2D eigenvalue weighted by molar-refractivity contribution is 5.96. The third-order valence-electron chi connectivity index (χ3n) is 6.32. The van der Waals surface area contributed by atoms with Gasteiger partial charge in [-0.25, -0.2) is 0 Å². The van der Waals surface area contributed by atoms with E-state index in [9.17, 15) is 9.59 Å². The van der Waals surface area contributed by atoms with Crippen LogP contribution in [0, 0.1) is 0 Å². The minimum Gasteiger partial charge on any atom is -0.399 e. The molecule has 0 saturated carbocycles. The van der Waals surface area contributed by atoms with Gasteiger partial charge < -0.3 is 11.5 Å². The highest BCUT2D eigenvalue weighted by Gasteiger charge is 2.16. The summed E-state index contributed by atoms with van der Waals surface area (Å²) in [5.41, 5.74) is 22.7. The van der Waals surface area contributed by atoms with E-state index in [4.69, 9.17) is 11.5 Å². The molecule has 0 unspecified atom stereocenters. The van der Waals surface area contributed by atoms with E-state index in [-0.39, 0.29) is 0 Å². The number of hydrogen-bond acceptors (Lipinski definition) is 4. The van der Waals surface area contributed by atoms with E-state index in [1.807, 2.05) is 97.1 Å². The smallest absolute Gasteiger partial charge is 0.150 e. The molecule has 0 bridgehead atoms. The summed E-state index contributed by atoms with van der Waals surface area (Å²) in [6.07, 6.45) is 1.68. The topological polar surface area (TPSA) is 86.2 Å². The Morgan fingerprint density at radius 1 is 0.389 bits per heavy atom. The fourth-order valence-electron chi connectivity index (χ4n) is 4.36. The van der Waals surface area contributed by atoms with Gasteiger partial charge in [-0.15, -0.1) is 0 Å².